The molecule has 0 saturated carbocycles. The topological polar surface area (TPSA) is 92.6 Å². The summed E-state index contributed by atoms with van der Waals surface area (Å²) in [5.74, 6) is 1.65. The molecule has 126 valence electrons. The molecule has 9 nitrogen and oxygen atoms in total. The molecule has 0 aromatic carbocycles. The van der Waals surface area contributed by atoms with Crippen LogP contribution in [0.15, 0.2) is 0 Å². The average Bonchev–Trinajstić information content (AvgIpc) is 3.05. The van der Waals surface area contributed by atoms with E-state index in [0.29, 0.717) is 32.8 Å². The summed E-state index contributed by atoms with van der Waals surface area (Å²) in [7, 11) is 0. The van der Waals surface area contributed by atoms with Crippen molar-refractivity contribution < 1.29 is 14.3 Å². The van der Waals surface area contributed by atoms with E-state index in [0.717, 1.165) is 24.6 Å². The minimum atomic E-state index is -0.270. The van der Waals surface area contributed by atoms with Crippen molar-refractivity contribution in [2.24, 2.45) is 0 Å². The predicted octanol–water partition coefficient (Wildman–Crippen LogP) is 0.131. The number of aromatic nitrogens is 3. The van der Waals surface area contributed by atoms with Crippen molar-refractivity contribution in [1.29, 1.82) is 0 Å². The molecule has 1 atom stereocenters. The maximum Gasteiger partial charge on any atom is 0.410 e. The Kier molecular flexibility index (Phi) is 4.35. The molecule has 2 fully saturated rings. The molecule has 3 rings (SSSR count). The van der Waals surface area contributed by atoms with E-state index in [-0.39, 0.29) is 18.2 Å². The van der Waals surface area contributed by atoms with Crippen molar-refractivity contribution in [3.63, 3.8) is 0 Å². The third-order valence-electron chi connectivity index (χ3n) is 4.19. The number of aryl methyl sites for hydroxylation is 3. The molecule has 23 heavy (non-hydrogen) atoms. The molecule has 2 saturated heterocycles. The quantitative estimate of drug-likeness (QED) is 0.796. The van der Waals surface area contributed by atoms with Crippen LogP contribution in [0.3, 0.4) is 0 Å². The molecule has 0 bridgehead atoms. The van der Waals surface area contributed by atoms with Crippen molar-refractivity contribution in [2.45, 2.75) is 32.9 Å². The second-order valence-electron chi connectivity index (χ2n) is 5.89. The summed E-state index contributed by atoms with van der Waals surface area (Å²) >= 11 is 0. The number of carbonyl (C=O) groups excluding carboxylic acids is 2. The third kappa shape index (κ3) is 3.38. The van der Waals surface area contributed by atoms with Crippen molar-refractivity contribution in [2.75, 3.05) is 32.8 Å². The van der Waals surface area contributed by atoms with E-state index in [9.17, 15) is 9.59 Å². The van der Waals surface area contributed by atoms with Gasteiger partial charge in [0.2, 0.25) is 0 Å². The highest BCUT2D eigenvalue weighted by Crippen LogP contribution is 2.17. The second-order valence-corrected chi connectivity index (χ2v) is 5.89. The number of piperazine rings is 1. The molecule has 0 unspecified atom stereocenters. The first-order valence-corrected chi connectivity index (χ1v) is 7.89. The lowest BCUT2D eigenvalue weighted by Gasteiger charge is -2.35. The van der Waals surface area contributed by atoms with Crippen molar-refractivity contribution >= 4 is 12.1 Å². The Bertz CT molecular complexity index is 601. The predicted molar refractivity (Wildman–Crippen MR) is 80.9 cm³/mol. The highest BCUT2D eigenvalue weighted by atomic mass is 16.6. The summed E-state index contributed by atoms with van der Waals surface area (Å²) in [5, 5.41) is 7.21. The van der Waals surface area contributed by atoms with Gasteiger partial charge in [-0.05, 0) is 20.3 Å². The van der Waals surface area contributed by atoms with E-state index < -0.39 is 0 Å². The van der Waals surface area contributed by atoms with Gasteiger partial charge in [-0.1, -0.05) is 0 Å². The summed E-state index contributed by atoms with van der Waals surface area (Å²) in [4.78, 5) is 31.3. The number of urea groups is 1. The number of rotatable bonds is 4. The molecular formula is C14H22N6O3. The molecule has 9 heteroatoms. The number of amides is 3. The largest absolute Gasteiger partial charge is 0.447 e. The summed E-state index contributed by atoms with van der Waals surface area (Å²) in [6, 6.07) is -0.0988. The Labute approximate surface area is 134 Å². The highest BCUT2D eigenvalue weighted by Gasteiger charge is 2.38. The maximum absolute atomic E-state index is 12.2. The molecule has 1 aromatic rings. The van der Waals surface area contributed by atoms with Gasteiger partial charge in [0.25, 0.3) is 0 Å². The van der Waals surface area contributed by atoms with Crippen molar-refractivity contribution in [1.82, 2.24) is 29.9 Å². The van der Waals surface area contributed by atoms with E-state index in [1.54, 1.807) is 9.80 Å². The molecule has 1 N–H and O–H groups in total. The lowest BCUT2D eigenvalue weighted by Crippen LogP contribution is -2.56. The van der Waals surface area contributed by atoms with Crippen LogP contribution >= 0.6 is 0 Å². The minimum Gasteiger partial charge on any atom is -0.447 e. The molecule has 3 heterocycles. The van der Waals surface area contributed by atoms with E-state index in [2.05, 4.69) is 15.4 Å². The van der Waals surface area contributed by atoms with Gasteiger partial charge in [-0.3, -0.25) is 9.58 Å². The normalized spacial score (nSPS) is 20.4. The lowest BCUT2D eigenvalue weighted by atomic mass is 10.2. The first kappa shape index (κ1) is 15.6. The number of fused-ring (bicyclic) bond motifs is 1. The monoisotopic (exact) mass is 322 g/mol. The van der Waals surface area contributed by atoms with Gasteiger partial charge >= 0.3 is 12.1 Å². The summed E-state index contributed by atoms with van der Waals surface area (Å²) in [5.41, 5.74) is 0. The van der Waals surface area contributed by atoms with Crippen LogP contribution in [0, 0.1) is 13.8 Å². The average molecular weight is 322 g/mol. The fourth-order valence-corrected chi connectivity index (χ4v) is 2.98. The Morgan fingerprint density at radius 2 is 2.22 bits per heavy atom. The molecule has 1 aromatic heterocycles. The zero-order valence-corrected chi connectivity index (χ0v) is 13.5. The molecule has 0 radical (unpaired) electrons. The second kappa shape index (κ2) is 6.43. The number of nitrogens with zero attached hydrogens (tertiary/aromatic N) is 5. The molecule has 0 spiro atoms. The van der Waals surface area contributed by atoms with Gasteiger partial charge in [0.15, 0.2) is 0 Å². The molecule has 0 aliphatic carbocycles. The molecule has 2 aliphatic rings. The summed E-state index contributed by atoms with van der Waals surface area (Å²) in [6.45, 7) is 7.06. The van der Waals surface area contributed by atoms with Gasteiger partial charge in [-0.2, -0.15) is 5.10 Å². The number of nitrogens with one attached hydrogen (secondary N) is 1. The van der Waals surface area contributed by atoms with Crippen LogP contribution in [0.1, 0.15) is 18.1 Å². The van der Waals surface area contributed by atoms with Gasteiger partial charge in [-0.15, -0.1) is 0 Å². The summed E-state index contributed by atoms with van der Waals surface area (Å²) < 4.78 is 6.85. The van der Waals surface area contributed by atoms with E-state index in [4.69, 9.17) is 4.74 Å². The zero-order valence-electron chi connectivity index (χ0n) is 13.5. The van der Waals surface area contributed by atoms with E-state index >= 15 is 0 Å². The van der Waals surface area contributed by atoms with Crippen molar-refractivity contribution in [3.8, 4) is 0 Å². The Morgan fingerprint density at radius 1 is 1.39 bits per heavy atom. The first-order valence-electron chi connectivity index (χ1n) is 7.89. The van der Waals surface area contributed by atoms with E-state index in [1.165, 1.54) is 0 Å². The van der Waals surface area contributed by atoms with Crippen LogP contribution in [0.2, 0.25) is 0 Å². The van der Waals surface area contributed by atoms with Crippen molar-refractivity contribution in [3.05, 3.63) is 11.6 Å². The van der Waals surface area contributed by atoms with Gasteiger partial charge < -0.3 is 15.0 Å². The van der Waals surface area contributed by atoms with Crippen LogP contribution < -0.4 is 5.32 Å². The van der Waals surface area contributed by atoms with Gasteiger partial charge in [0.1, 0.15) is 18.3 Å². The Hall–Kier alpha value is -2.32. The van der Waals surface area contributed by atoms with Gasteiger partial charge in [0.05, 0.1) is 6.04 Å². The van der Waals surface area contributed by atoms with E-state index in [1.807, 2.05) is 18.5 Å². The standard InChI is InChI=1S/C14H22N6O3/c1-10-16-11(2)20(17-10)5-3-4-15-13(21)18-6-7-19-12(8-18)9-23-14(19)22/h12H,3-9H2,1-2H3,(H,15,21)/t12-/m1/s1. The van der Waals surface area contributed by atoms with Crippen LogP contribution in [-0.2, 0) is 11.3 Å². The zero-order chi connectivity index (χ0) is 16.4. The molecular weight excluding hydrogens is 300 g/mol. The Morgan fingerprint density at radius 3 is 2.96 bits per heavy atom. The highest BCUT2D eigenvalue weighted by molar-refractivity contribution is 5.75. The summed E-state index contributed by atoms with van der Waals surface area (Å²) in [6.07, 6.45) is 0.522. The first-order chi connectivity index (χ1) is 11.0. The minimum absolute atomic E-state index is 0.0113. The van der Waals surface area contributed by atoms with Crippen LogP contribution in [0.4, 0.5) is 9.59 Å². The molecule has 2 aliphatic heterocycles. The number of ether oxygens (including phenoxy) is 1. The smallest absolute Gasteiger partial charge is 0.410 e. The number of cyclic esters (lactones) is 1. The van der Waals surface area contributed by atoms with Crippen LogP contribution in [0.5, 0.6) is 0 Å². The Balaban J connectivity index is 1.40. The SMILES string of the molecule is Cc1nc(C)n(CCCNC(=O)N2CCN3C(=O)OC[C@H]3C2)n1. The molecule has 3 amide bonds. The lowest BCUT2D eigenvalue weighted by molar-refractivity contribution is 0.127. The fraction of sp³-hybridized carbons (Fsp3) is 0.714. The third-order valence-corrected chi connectivity index (χ3v) is 4.19. The number of hydrogen-bond donors (Lipinski definition) is 1. The number of carbonyl (C=O) groups is 2. The maximum atomic E-state index is 12.2. The number of hydrogen-bond acceptors (Lipinski definition) is 5. The van der Waals surface area contributed by atoms with Gasteiger partial charge in [0, 0.05) is 32.7 Å². The van der Waals surface area contributed by atoms with Crippen LogP contribution in [-0.4, -0.2) is 75.5 Å². The van der Waals surface area contributed by atoms with Crippen LogP contribution in [0.25, 0.3) is 0 Å². The fourth-order valence-electron chi connectivity index (χ4n) is 2.98. The van der Waals surface area contributed by atoms with Gasteiger partial charge in [-0.25, -0.2) is 14.6 Å².